The van der Waals surface area contributed by atoms with Crippen molar-refractivity contribution in [2.24, 2.45) is 5.92 Å². The molecule has 3 heterocycles. The SMILES string of the molecule is COc1ccc(NC(=O)[C@H]2CCCN(c3ccc4nnc(C)n4n3)C2)cc1Cl. The zero-order valence-electron chi connectivity index (χ0n) is 15.7. The van der Waals surface area contributed by atoms with Crippen molar-refractivity contribution in [3.05, 3.63) is 41.2 Å². The number of aromatic nitrogens is 4. The highest BCUT2D eigenvalue weighted by Crippen LogP contribution is 2.28. The number of halogens is 1. The number of piperidine rings is 1. The van der Waals surface area contributed by atoms with Crippen molar-refractivity contribution < 1.29 is 9.53 Å². The van der Waals surface area contributed by atoms with E-state index in [1.165, 1.54) is 0 Å². The summed E-state index contributed by atoms with van der Waals surface area (Å²) in [6.07, 6.45) is 1.75. The second-order valence-electron chi connectivity index (χ2n) is 6.83. The third-order valence-electron chi connectivity index (χ3n) is 4.94. The van der Waals surface area contributed by atoms with Gasteiger partial charge in [0.05, 0.1) is 18.1 Å². The summed E-state index contributed by atoms with van der Waals surface area (Å²) in [5, 5.41) is 16.1. The van der Waals surface area contributed by atoms with E-state index in [4.69, 9.17) is 16.3 Å². The number of nitrogens with zero attached hydrogens (tertiary/aromatic N) is 5. The van der Waals surface area contributed by atoms with Crippen molar-refractivity contribution in [3.8, 4) is 5.75 Å². The molecule has 0 unspecified atom stereocenters. The van der Waals surface area contributed by atoms with E-state index >= 15 is 0 Å². The van der Waals surface area contributed by atoms with Crippen LogP contribution in [0.4, 0.5) is 11.5 Å². The molecule has 1 fully saturated rings. The van der Waals surface area contributed by atoms with Gasteiger partial charge in [0.15, 0.2) is 11.5 Å². The molecule has 1 amide bonds. The summed E-state index contributed by atoms with van der Waals surface area (Å²) in [5.41, 5.74) is 1.37. The maximum Gasteiger partial charge on any atom is 0.229 e. The van der Waals surface area contributed by atoms with Crippen molar-refractivity contribution in [3.63, 3.8) is 0 Å². The summed E-state index contributed by atoms with van der Waals surface area (Å²) in [7, 11) is 1.56. The van der Waals surface area contributed by atoms with E-state index in [-0.39, 0.29) is 11.8 Å². The van der Waals surface area contributed by atoms with Crippen LogP contribution >= 0.6 is 11.6 Å². The minimum Gasteiger partial charge on any atom is -0.495 e. The van der Waals surface area contributed by atoms with E-state index < -0.39 is 0 Å². The van der Waals surface area contributed by atoms with Crippen molar-refractivity contribution in [1.82, 2.24) is 19.8 Å². The Morgan fingerprint density at radius 1 is 1.29 bits per heavy atom. The molecule has 1 aromatic carbocycles. The molecular formula is C19H21ClN6O2. The molecule has 2 aromatic heterocycles. The first-order valence-electron chi connectivity index (χ1n) is 9.13. The summed E-state index contributed by atoms with van der Waals surface area (Å²) in [6.45, 7) is 3.33. The fraction of sp³-hybridized carbons (Fsp3) is 0.368. The Kier molecular flexibility index (Phi) is 5.04. The number of ether oxygens (including phenoxy) is 1. The number of anilines is 2. The summed E-state index contributed by atoms with van der Waals surface area (Å²) >= 11 is 6.15. The maximum absolute atomic E-state index is 12.8. The molecule has 1 aliphatic heterocycles. The smallest absolute Gasteiger partial charge is 0.229 e. The minimum absolute atomic E-state index is 0.0208. The standard InChI is InChI=1S/C19H21ClN6O2/c1-12-22-23-17-7-8-18(24-26(12)17)25-9-3-4-13(11-25)19(27)21-14-5-6-16(28-2)15(20)10-14/h5-8,10,13H,3-4,9,11H2,1-2H3,(H,21,27)/t13-/m0/s1. The lowest BCUT2D eigenvalue weighted by molar-refractivity contribution is -0.120. The lowest BCUT2D eigenvalue weighted by Crippen LogP contribution is -2.41. The first kappa shape index (κ1) is 18.5. The fourth-order valence-corrected chi connectivity index (χ4v) is 3.70. The Bertz CT molecular complexity index is 1020. The number of amides is 1. The second kappa shape index (κ2) is 7.63. The third-order valence-corrected chi connectivity index (χ3v) is 5.24. The van der Waals surface area contributed by atoms with Gasteiger partial charge in [-0.3, -0.25) is 4.79 Å². The summed E-state index contributed by atoms with van der Waals surface area (Å²) in [6, 6.07) is 9.04. The Balaban J connectivity index is 1.47. The molecule has 28 heavy (non-hydrogen) atoms. The van der Waals surface area contributed by atoms with E-state index in [1.807, 2.05) is 19.1 Å². The van der Waals surface area contributed by atoms with Gasteiger partial charge in [-0.1, -0.05) is 11.6 Å². The van der Waals surface area contributed by atoms with Gasteiger partial charge in [-0.2, -0.15) is 4.52 Å². The molecule has 9 heteroatoms. The maximum atomic E-state index is 12.8. The van der Waals surface area contributed by atoms with Gasteiger partial charge in [0.1, 0.15) is 11.6 Å². The molecule has 8 nitrogen and oxygen atoms in total. The molecule has 1 saturated heterocycles. The molecular weight excluding hydrogens is 380 g/mol. The van der Waals surface area contributed by atoms with E-state index in [0.29, 0.717) is 28.7 Å². The van der Waals surface area contributed by atoms with Gasteiger partial charge >= 0.3 is 0 Å². The van der Waals surface area contributed by atoms with Gasteiger partial charge in [0, 0.05) is 18.8 Å². The van der Waals surface area contributed by atoms with Gasteiger partial charge in [-0.25, -0.2) is 0 Å². The highest BCUT2D eigenvalue weighted by atomic mass is 35.5. The predicted octanol–water partition coefficient (Wildman–Crippen LogP) is 2.95. The number of benzene rings is 1. The number of rotatable bonds is 4. The third kappa shape index (κ3) is 3.60. The molecule has 4 rings (SSSR count). The number of carbonyl (C=O) groups excluding carboxylic acids is 1. The summed E-state index contributed by atoms with van der Waals surface area (Å²) < 4.78 is 6.87. The minimum atomic E-state index is -0.130. The number of aryl methyl sites for hydroxylation is 1. The van der Waals surface area contributed by atoms with Crippen LogP contribution in [-0.2, 0) is 4.79 Å². The zero-order valence-corrected chi connectivity index (χ0v) is 16.5. The molecule has 3 aromatic rings. The van der Waals surface area contributed by atoms with Crippen LogP contribution in [0.25, 0.3) is 5.65 Å². The van der Waals surface area contributed by atoms with E-state index in [9.17, 15) is 4.79 Å². The van der Waals surface area contributed by atoms with Crippen LogP contribution in [0.15, 0.2) is 30.3 Å². The predicted molar refractivity (Wildman–Crippen MR) is 107 cm³/mol. The molecule has 0 radical (unpaired) electrons. The largest absolute Gasteiger partial charge is 0.495 e. The van der Waals surface area contributed by atoms with Crippen LogP contribution in [0.3, 0.4) is 0 Å². The Labute approximate surface area is 167 Å². The Hall–Kier alpha value is -2.87. The molecule has 0 saturated carbocycles. The monoisotopic (exact) mass is 400 g/mol. The van der Waals surface area contributed by atoms with E-state index in [1.54, 1.807) is 29.8 Å². The van der Waals surface area contributed by atoms with Gasteiger partial charge in [-0.05, 0) is 50.1 Å². The molecule has 146 valence electrons. The van der Waals surface area contributed by atoms with Crippen LogP contribution in [0.5, 0.6) is 5.75 Å². The number of nitrogens with one attached hydrogen (secondary N) is 1. The molecule has 0 spiro atoms. The van der Waals surface area contributed by atoms with Crippen LogP contribution in [0.2, 0.25) is 5.02 Å². The van der Waals surface area contributed by atoms with Gasteiger partial charge in [-0.15, -0.1) is 15.3 Å². The highest BCUT2D eigenvalue weighted by Gasteiger charge is 2.27. The number of fused-ring (bicyclic) bond motifs is 1. The van der Waals surface area contributed by atoms with Crippen LogP contribution in [0.1, 0.15) is 18.7 Å². The molecule has 1 N–H and O–H groups in total. The number of carbonyl (C=O) groups is 1. The van der Waals surface area contributed by atoms with Gasteiger partial charge in [0.2, 0.25) is 5.91 Å². The van der Waals surface area contributed by atoms with Crippen molar-refractivity contribution in [2.75, 3.05) is 30.4 Å². The first-order valence-corrected chi connectivity index (χ1v) is 9.51. The van der Waals surface area contributed by atoms with Gasteiger partial charge < -0.3 is 15.0 Å². The van der Waals surface area contributed by atoms with E-state index in [2.05, 4.69) is 25.5 Å². The van der Waals surface area contributed by atoms with Crippen LogP contribution in [-0.4, -0.2) is 45.9 Å². The summed E-state index contributed by atoms with van der Waals surface area (Å²) in [5.74, 6) is 1.98. The Morgan fingerprint density at radius 3 is 2.93 bits per heavy atom. The Morgan fingerprint density at radius 2 is 2.14 bits per heavy atom. The number of hydrogen-bond acceptors (Lipinski definition) is 6. The fourth-order valence-electron chi connectivity index (χ4n) is 3.44. The molecule has 0 aliphatic carbocycles. The van der Waals surface area contributed by atoms with Crippen molar-refractivity contribution in [2.45, 2.75) is 19.8 Å². The van der Waals surface area contributed by atoms with Crippen LogP contribution < -0.4 is 15.0 Å². The number of methoxy groups -OCH3 is 1. The van der Waals surface area contributed by atoms with Gasteiger partial charge in [0.25, 0.3) is 0 Å². The second-order valence-corrected chi connectivity index (χ2v) is 7.24. The lowest BCUT2D eigenvalue weighted by Gasteiger charge is -2.32. The quantitative estimate of drug-likeness (QED) is 0.724. The topological polar surface area (TPSA) is 84.6 Å². The normalized spacial score (nSPS) is 17.0. The zero-order chi connectivity index (χ0) is 19.7. The molecule has 1 atom stereocenters. The van der Waals surface area contributed by atoms with Crippen LogP contribution in [0, 0.1) is 12.8 Å². The van der Waals surface area contributed by atoms with Crippen molar-refractivity contribution in [1.29, 1.82) is 0 Å². The summed E-state index contributed by atoms with van der Waals surface area (Å²) in [4.78, 5) is 14.9. The number of hydrogen-bond donors (Lipinski definition) is 1. The molecule has 1 aliphatic rings. The average molecular weight is 401 g/mol. The first-order chi connectivity index (χ1) is 13.5. The van der Waals surface area contributed by atoms with E-state index in [0.717, 1.165) is 31.0 Å². The lowest BCUT2D eigenvalue weighted by atomic mass is 9.97. The highest BCUT2D eigenvalue weighted by molar-refractivity contribution is 6.32. The molecule has 0 bridgehead atoms. The average Bonchev–Trinajstić information content (AvgIpc) is 3.08. The van der Waals surface area contributed by atoms with Crippen molar-refractivity contribution >= 4 is 34.7 Å².